The van der Waals surface area contributed by atoms with Gasteiger partial charge in [0.2, 0.25) is 11.4 Å². The second-order valence-corrected chi connectivity index (χ2v) is 16.2. The van der Waals surface area contributed by atoms with Crippen LogP contribution in [0.15, 0.2) is 90.1 Å². The highest BCUT2D eigenvalue weighted by atomic mass is 32.2. The van der Waals surface area contributed by atoms with Crippen LogP contribution in [-0.4, -0.2) is 44.0 Å². The second kappa shape index (κ2) is 12.1. The normalized spacial score (nSPS) is 14.5. The molecule has 0 unspecified atom stereocenters. The van der Waals surface area contributed by atoms with E-state index in [0.717, 1.165) is 48.2 Å². The molecule has 2 aromatic heterocycles. The van der Waals surface area contributed by atoms with Crippen molar-refractivity contribution in [1.82, 2.24) is 0 Å². The predicted octanol–water partition coefficient (Wildman–Crippen LogP) is 6.98. The topological polar surface area (TPSA) is 125 Å². The van der Waals surface area contributed by atoms with Crippen molar-refractivity contribution in [3.63, 3.8) is 0 Å². The molecule has 236 valence electrons. The number of nitrogens with zero attached hydrogens (tertiary/aromatic N) is 2. The van der Waals surface area contributed by atoms with E-state index in [-0.39, 0.29) is 25.1 Å². The highest BCUT2D eigenvalue weighted by Gasteiger charge is 2.30. The molecule has 0 radical (unpaired) electrons. The highest BCUT2D eigenvalue weighted by molar-refractivity contribution is 7.86. The van der Waals surface area contributed by atoms with Gasteiger partial charge in [-0.3, -0.25) is 9.11 Å². The third kappa shape index (κ3) is 6.26. The van der Waals surface area contributed by atoms with Crippen LogP contribution in [0, 0.1) is 0 Å². The summed E-state index contributed by atoms with van der Waals surface area (Å²) < 4.78 is 75.9. The van der Waals surface area contributed by atoms with Crippen LogP contribution in [-0.2, 0) is 26.8 Å². The standard InChI is InChI=1S/C33H28N2O7S4/c36-45(37,38)17-5-15-34-27-19-23(26-21-43-29-10-4-3-9-25(26)29)11-13-28(27)42-31(34)20-32-35(16-6-18-46(39,40)41)33-24-8-2-1-7-22(24)12-14-30(33)44-32/h1-4,7-14,19-21H,5-6,15-18H2,(H-,36,37,38,39,40,41)/p+1. The van der Waals surface area contributed by atoms with Gasteiger partial charge in [-0.2, -0.15) is 21.4 Å². The maximum absolute atomic E-state index is 11.6. The average Bonchev–Trinajstić information content (AvgIpc) is 3.69. The van der Waals surface area contributed by atoms with Gasteiger partial charge < -0.3 is 9.64 Å². The lowest BCUT2D eigenvalue weighted by atomic mass is 10.0. The first-order chi connectivity index (χ1) is 22.0. The molecule has 0 atom stereocenters. The van der Waals surface area contributed by atoms with Gasteiger partial charge in [-0.1, -0.05) is 59.9 Å². The van der Waals surface area contributed by atoms with E-state index in [1.54, 1.807) is 11.3 Å². The summed E-state index contributed by atoms with van der Waals surface area (Å²) in [6.07, 6.45) is 2.25. The number of aromatic nitrogens is 1. The van der Waals surface area contributed by atoms with Crippen molar-refractivity contribution in [2.45, 2.75) is 19.4 Å². The maximum atomic E-state index is 11.6. The largest absolute Gasteiger partial charge is 0.438 e. The molecule has 1 aliphatic heterocycles. The van der Waals surface area contributed by atoms with E-state index in [4.69, 9.17) is 4.74 Å². The fraction of sp³-hybridized carbons (Fsp3) is 0.182. The number of rotatable bonds is 10. The fourth-order valence-corrected chi connectivity index (χ4v) is 9.02. The predicted molar refractivity (Wildman–Crippen MR) is 185 cm³/mol. The summed E-state index contributed by atoms with van der Waals surface area (Å²) in [6, 6.07) is 26.2. The monoisotopic (exact) mass is 693 g/mol. The van der Waals surface area contributed by atoms with Gasteiger partial charge in [-0.05, 0) is 53.1 Å². The molecule has 1 aliphatic rings. The smallest absolute Gasteiger partial charge is 0.268 e. The van der Waals surface area contributed by atoms with Crippen LogP contribution < -0.4 is 14.2 Å². The number of hydrogen-bond acceptors (Lipinski definition) is 8. The Hall–Kier alpha value is -3.85. The van der Waals surface area contributed by atoms with E-state index >= 15 is 0 Å². The van der Waals surface area contributed by atoms with E-state index in [2.05, 4.69) is 17.5 Å². The lowest BCUT2D eigenvalue weighted by Crippen LogP contribution is -2.36. The number of benzene rings is 4. The van der Waals surface area contributed by atoms with Crippen molar-refractivity contribution in [2.75, 3.05) is 23.0 Å². The number of aryl methyl sites for hydroxylation is 1. The van der Waals surface area contributed by atoms with Gasteiger partial charge in [0.25, 0.3) is 25.2 Å². The molecule has 0 fully saturated rings. The molecular formula is C33H29N2O7S4+. The molecule has 2 N–H and O–H groups in total. The van der Waals surface area contributed by atoms with Gasteiger partial charge in [0.05, 0.1) is 28.7 Å². The molecule has 13 heteroatoms. The first-order valence-corrected chi connectivity index (χ1v) is 19.5. The molecule has 0 bridgehead atoms. The van der Waals surface area contributed by atoms with Gasteiger partial charge in [0, 0.05) is 28.6 Å². The third-order valence-electron chi connectivity index (χ3n) is 7.95. The van der Waals surface area contributed by atoms with Crippen molar-refractivity contribution < 1.29 is 35.2 Å². The van der Waals surface area contributed by atoms with Crippen LogP contribution in [0.4, 0.5) is 5.69 Å². The summed E-state index contributed by atoms with van der Waals surface area (Å²) in [5.41, 5.74) is 3.81. The molecule has 6 aromatic rings. The van der Waals surface area contributed by atoms with E-state index in [0.29, 0.717) is 18.2 Å². The summed E-state index contributed by atoms with van der Waals surface area (Å²) >= 11 is 3.20. The molecule has 0 aliphatic carbocycles. The van der Waals surface area contributed by atoms with Gasteiger partial charge >= 0.3 is 0 Å². The Bertz CT molecular complexity index is 2380. The van der Waals surface area contributed by atoms with Crippen LogP contribution in [0.25, 0.3) is 48.3 Å². The Morgan fingerprint density at radius 3 is 2.37 bits per heavy atom. The summed E-state index contributed by atoms with van der Waals surface area (Å²) in [4.78, 5) is 1.92. The summed E-state index contributed by atoms with van der Waals surface area (Å²) in [5, 5.41) is 6.12. The number of anilines is 1. The zero-order valence-electron chi connectivity index (χ0n) is 24.4. The molecule has 0 amide bonds. The number of fused-ring (bicyclic) bond motifs is 5. The molecule has 3 heterocycles. The third-order valence-corrected chi connectivity index (χ3v) is 11.6. The van der Waals surface area contributed by atoms with Crippen LogP contribution in [0.3, 0.4) is 0 Å². The molecule has 7 rings (SSSR count). The molecule has 4 aromatic carbocycles. The van der Waals surface area contributed by atoms with Crippen LogP contribution >= 0.6 is 22.7 Å². The Morgan fingerprint density at radius 1 is 0.826 bits per heavy atom. The van der Waals surface area contributed by atoms with E-state index in [9.17, 15) is 25.9 Å². The molecule has 0 saturated carbocycles. The first kappa shape index (κ1) is 30.8. The van der Waals surface area contributed by atoms with Gasteiger partial charge in [-0.25, -0.2) is 0 Å². The number of ether oxygens (including phenoxy) is 1. The fourth-order valence-electron chi connectivity index (χ4n) is 5.93. The van der Waals surface area contributed by atoms with Gasteiger partial charge in [0.1, 0.15) is 4.70 Å². The zero-order chi connectivity index (χ0) is 32.1. The highest BCUT2D eigenvalue weighted by Crippen LogP contribution is 2.44. The molecule has 0 saturated heterocycles. The summed E-state index contributed by atoms with van der Waals surface area (Å²) in [6.45, 7) is 0.598. The molecule has 46 heavy (non-hydrogen) atoms. The number of thiophene rings is 1. The Labute approximate surface area is 274 Å². The lowest BCUT2D eigenvalue weighted by Gasteiger charge is -2.18. The van der Waals surface area contributed by atoms with Crippen molar-refractivity contribution >= 4 is 85.7 Å². The maximum Gasteiger partial charge on any atom is 0.268 e. The second-order valence-electron chi connectivity index (χ2n) is 11.1. The molecule has 0 spiro atoms. The van der Waals surface area contributed by atoms with Crippen molar-refractivity contribution in [2.24, 2.45) is 0 Å². The quantitative estimate of drug-likeness (QED) is 0.116. The minimum atomic E-state index is -4.16. The molecular weight excluding hydrogens is 665 g/mol. The zero-order valence-corrected chi connectivity index (χ0v) is 27.6. The number of thiazole rings is 1. The van der Waals surface area contributed by atoms with Crippen LogP contribution in [0.5, 0.6) is 5.75 Å². The minimum absolute atomic E-state index is 0.163. The summed E-state index contributed by atoms with van der Waals surface area (Å²) in [7, 11) is -8.30. The summed E-state index contributed by atoms with van der Waals surface area (Å²) in [5.74, 6) is 0.329. The Morgan fingerprint density at radius 2 is 1.57 bits per heavy atom. The molecule has 9 nitrogen and oxygen atoms in total. The van der Waals surface area contributed by atoms with E-state index in [1.807, 2.05) is 82.3 Å². The van der Waals surface area contributed by atoms with E-state index in [1.165, 1.54) is 16.0 Å². The average molecular weight is 694 g/mol. The first-order valence-electron chi connectivity index (χ1n) is 14.6. The lowest BCUT2D eigenvalue weighted by molar-refractivity contribution is -0.667. The van der Waals surface area contributed by atoms with Crippen LogP contribution in [0.2, 0.25) is 0 Å². The number of hydrogen-bond donors (Lipinski definition) is 2. The Balaban J connectivity index is 1.33. The van der Waals surface area contributed by atoms with E-state index < -0.39 is 26.0 Å². The van der Waals surface area contributed by atoms with Gasteiger partial charge in [0.15, 0.2) is 12.3 Å². The SMILES string of the molecule is O=S(=O)(O)CCCN1/C(=C/c2sc3ccc4ccccc4c3[n+]2CCCS(=O)(=O)O)Oc2ccc(-c3csc4ccccc34)cc21. The Kier molecular flexibility index (Phi) is 8.07. The van der Waals surface area contributed by atoms with Crippen molar-refractivity contribution in [1.29, 1.82) is 0 Å². The van der Waals surface area contributed by atoms with Crippen molar-refractivity contribution in [3.05, 3.63) is 95.1 Å². The van der Waals surface area contributed by atoms with Gasteiger partial charge in [-0.15, -0.1) is 11.3 Å². The van der Waals surface area contributed by atoms with Crippen LogP contribution in [0.1, 0.15) is 17.8 Å². The minimum Gasteiger partial charge on any atom is -0.438 e. The van der Waals surface area contributed by atoms with Crippen molar-refractivity contribution in [3.8, 4) is 16.9 Å².